The van der Waals surface area contributed by atoms with E-state index in [1.165, 1.54) is 0 Å². The molecule has 128 valence electrons. The van der Waals surface area contributed by atoms with Crippen molar-refractivity contribution in [3.05, 3.63) is 18.2 Å². The van der Waals surface area contributed by atoms with E-state index in [1.807, 2.05) is 0 Å². The maximum Gasteiger partial charge on any atom is 0.325 e. The summed E-state index contributed by atoms with van der Waals surface area (Å²) >= 11 is 0. The van der Waals surface area contributed by atoms with E-state index in [0.29, 0.717) is 25.2 Å². The lowest BCUT2D eigenvalue weighted by Gasteiger charge is -2.32. The van der Waals surface area contributed by atoms with Gasteiger partial charge in [-0.2, -0.15) is 0 Å². The van der Waals surface area contributed by atoms with E-state index in [-0.39, 0.29) is 37.2 Å². The Kier molecular flexibility index (Phi) is 4.32. The molecule has 2 saturated heterocycles. The summed E-state index contributed by atoms with van der Waals surface area (Å²) in [7, 11) is 1.75. The first kappa shape index (κ1) is 16.2. The predicted molar refractivity (Wildman–Crippen MR) is 82.0 cm³/mol. The molecule has 1 N–H and O–H groups in total. The summed E-state index contributed by atoms with van der Waals surface area (Å²) < 4.78 is 1.66. The third-order valence-corrected chi connectivity index (χ3v) is 4.42. The Balaban J connectivity index is 1.64. The number of imide groups is 1. The number of rotatable bonds is 4. The van der Waals surface area contributed by atoms with Gasteiger partial charge in [-0.05, 0) is 12.8 Å². The number of amides is 4. The SMILES string of the molecule is Cn1ccnc1C(=O)[C@H]1CCCN(C(=O)CN2C(=O)CNC2=O)C1. The van der Waals surface area contributed by atoms with E-state index in [0.717, 1.165) is 4.90 Å². The summed E-state index contributed by atoms with van der Waals surface area (Å²) in [6.07, 6.45) is 4.67. The second kappa shape index (κ2) is 6.42. The van der Waals surface area contributed by atoms with Crippen molar-refractivity contribution in [2.24, 2.45) is 13.0 Å². The Morgan fingerprint density at radius 2 is 2.17 bits per heavy atom. The van der Waals surface area contributed by atoms with Crippen LogP contribution in [-0.4, -0.2) is 69.2 Å². The number of ketones is 1. The minimum atomic E-state index is -0.550. The molecule has 0 aliphatic carbocycles. The highest BCUT2D eigenvalue weighted by Gasteiger charge is 2.34. The highest BCUT2D eigenvalue weighted by Crippen LogP contribution is 2.20. The van der Waals surface area contributed by atoms with Gasteiger partial charge < -0.3 is 14.8 Å². The molecule has 3 heterocycles. The van der Waals surface area contributed by atoms with E-state index in [9.17, 15) is 19.2 Å². The fourth-order valence-corrected chi connectivity index (χ4v) is 3.05. The molecule has 1 atom stereocenters. The van der Waals surface area contributed by atoms with Crippen molar-refractivity contribution in [2.75, 3.05) is 26.2 Å². The van der Waals surface area contributed by atoms with E-state index < -0.39 is 11.9 Å². The zero-order chi connectivity index (χ0) is 17.3. The number of likely N-dealkylation sites (tertiary alicyclic amines) is 1. The number of carbonyl (C=O) groups excluding carboxylic acids is 4. The van der Waals surface area contributed by atoms with Gasteiger partial charge in [0.1, 0.15) is 6.54 Å². The van der Waals surface area contributed by atoms with Crippen LogP contribution < -0.4 is 5.32 Å². The lowest BCUT2D eigenvalue weighted by Crippen LogP contribution is -2.48. The summed E-state index contributed by atoms with van der Waals surface area (Å²) in [4.78, 5) is 54.6. The number of aryl methyl sites for hydroxylation is 1. The van der Waals surface area contributed by atoms with Gasteiger partial charge in [-0.25, -0.2) is 9.78 Å². The molecule has 4 amide bonds. The number of nitrogens with zero attached hydrogens (tertiary/aromatic N) is 4. The molecule has 2 fully saturated rings. The normalized spacial score (nSPS) is 21.1. The second-order valence-corrected chi connectivity index (χ2v) is 6.04. The number of carbonyl (C=O) groups is 4. The van der Waals surface area contributed by atoms with Gasteiger partial charge in [0, 0.05) is 38.4 Å². The topological polar surface area (TPSA) is 105 Å². The van der Waals surface area contributed by atoms with Crippen LogP contribution in [0.3, 0.4) is 0 Å². The Hall–Kier alpha value is -2.71. The molecule has 9 heteroatoms. The fraction of sp³-hybridized carbons (Fsp3) is 0.533. The third kappa shape index (κ3) is 3.01. The smallest absolute Gasteiger partial charge is 0.325 e. The molecule has 9 nitrogen and oxygen atoms in total. The van der Waals surface area contributed by atoms with Gasteiger partial charge in [-0.3, -0.25) is 19.3 Å². The molecule has 0 bridgehead atoms. The van der Waals surface area contributed by atoms with E-state index in [1.54, 1.807) is 28.9 Å². The number of Topliss-reactive ketones (excluding diaryl/α,β-unsaturated/α-hetero) is 1. The number of imidazole rings is 1. The minimum absolute atomic E-state index is 0.0770. The van der Waals surface area contributed by atoms with Crippen LogP contribution in [-0.2, 0) is 16.6 Å². The molecule has 2 aliphatic rings. The van der Waals surface area contributed by atoms with Crippen LogP contribution in [0.15, 0.2) is 12.4 Å². The Labute approximate surface area is 138 Å². The van der Waals surface area contributed by atoms with Gasteiger partial charge in [-0.15, -0.1) is 0 Å². The number of piperidine rings is 1. The summed E-state index contributed by atoms with van der Waals surface area (Å²) in [6, 6.07) is -0.550. The maximum absolute atomic E-state index is 12.5. The van der Waals surface area contributed by atoms with Crippen molar-refractivity contribution in [2.45, 2.75) is 12.8 Å². The minimum Gasteiger partial charge on any atom is -0.340 e. The van der Waals surface area contributed by atoms with Crippen LogP contribution >= 0.6 is 0 Å². The number of nitrogens with one attached hydrogen (secondary N) is 1. The van der Waals surface area contributed by atoms with Crippen LogP contribution in [0.5, 0.6) is 0 Å². The highest BCUT2D eigenvalue weighted by atomic mass is 16.2. The Bertz CT molecular complexity index is 682. The number of hydrogen-bond acceptors (Lipinski definition) is 5. The maximum atomic E-state index is 12.5. The Morgan fingerprint density at radius 1 is 1.38 bits per heavy atom. The first-order valence-electron chi connectivity index (χ1n) is 7.85. The van der Waals surface area contributed by atoms with Crippen LogP contribution in [0, 0.1) is 5.92 Å². The van der Waals surface area contributed by atoms with Crippen molar-refractivity contribution in [3.8, 4) is 0 Å². The van der Waals surface area contributed by atoms with Crippen LogP contribution in [0.25, 0.3) is 0 Å². The number of hydrogen-bond donors (Lipinski definition) is 1. The second-order valence-electron chi connectivity index (χ2n) is 6.04. The molecule has 0 spiro atoms. The monoisotopic (exact) mass is 333 g/mol. The van der Waals surface area contributed by atoms with Crippen LogP contribution in [0.2, 0.25) is 0 Å². The summed E-state index contributed by atoms with van der Waals surface area (Å²) in [6.45, 7) is 0.446. The molecule has 0 radical (unpaired) electrons. The fourth-order valence-electron chi connectivity index (χ4n) is 3.05. The molecule has 1 aromatic rings. The molecular formula is C15H19N5O4. The van der Waals surface area contributed by atoms with Gasteiger partial charge in [0.15, 0.2) is 5.82 Å². The average molecular weight is 333 g/mol. The average Bonchev–Trinajstić information content (AvgIpc) is 3.14. The molecule has 3 rings (SSSR count). The standard InChI is InChI=1S/C15H19N5O4/c1-18-6-4-16-14(18)13(23)10-3-2-5-19(8-10)12(22)9-20-11(21)7-17-15(20)24/h4,6,10H,2-3,5,7-9H2,1H3,(H,17,24)/t10-/m0/s1. The van der Waals surface area contributed by atoms with Gasteiger partial charge in [0.2, 0.25) is 11.7 Å². The zero-order valence-electron chi connectivity index (χ0n) is 13.4. The van der Waals surface area contributed by atoms with E-state index >= 15 is 0 Å². The van der Waals surface area contributed by atoms with Crippen molar-refractivity contribution in [1.82, 2.24) is 24.7 Å². The quantitative estimate of drug-likeness (QED) is 0.585. The van der Waals surface area contributed by atoms with Gasteiger partial charge in [-0.1, -0.05) is 0 Å². The van der Waals surface area contributed by atoms with Gasteiger partial charge in [0.05, 0.1) is 6.54 Å². The van der Waals surface area contributed by atoms with Crippen LogP contribution in [0.1, 0.15) is 23.5 Å². The lowest BCUT2D eigenvalue weighted by atomic mass is 9.93. The molecule has 24 heavy (non-hydrogen) atoms. The molecule has 0 aromatic carbocycles. The third-order valence-electron chi connectivity index (χ3n) is 4.42. The molecule has 2 aliphatic heterocycles. The molecular weight excluding hydrogens is 314 g/mol. The largest absolute Gasteiger partial charge is 0.340 e. The summed E-state index contributed by atoms with van der Waals surface area (Å²) in [5.41, 5.74) is 0. The first-order valence-corrected chi connectivity index (χ1v) is 7.85. The van der Waals surface area contributed by atoms with E-state index in [4.69, 9.17) is 0 Å². The summed E-state index contributed by atoms with van der Waals surface area (Å²) in [5, 5.41) is 2.38. The van der Waals surface area contributed by atoms with Crippen molar-refractivity contribution < 1.29 is 19.2 Å². The first-order chi connectivity index (χ1) is 11.5. The summed E-state index contributed by atoms with van der Waals surface area (Å²) in [5.74, 6) is -0.756. The Morgan fingerprint density at radius 3 is 2.79 bits per heavy atom. The van der Waals surface area contributed by atoms with Crippen molar-refractivity contribution >= 4 is 23.6 Å². The molecule has 1 aromatic heterocycles. The van der Waals surface area contributed by atoms with Gasteiger partial charge in [0.25, 0.3) is 5.91 Å². The van der Waals surface area contributed by atoms with Crippen LogP contribution in [0.4, 0.5) is 4.79 Å². The van der Waals surface area contributed by atoms with Gasteiger partial charge >= 0.3 is 6.03 Å². The van der Waals surface area contributed by atoms with Crippen molar-refractivity contribution in [3.63, 3.8) is 0 Å². The number of aromatic nitrogens is 2. The molecule has 0 saturated carbocycles. The highest BCUT2D eigenvalue weighted by molar-refractivity contribution is 6.04. The predicted octanol–water partition coefficient (Wildman–Crippen LogP) is -0.607. The van der Waals surface area contributed by atoms with Crippen molar-refractivity contribution in [1.29, 1.82) is 0 Å². The number of urea groups is 1. The zero-order valence-corrected chi connectivity index (χ0v) is 13.4. The molecule has 0 unspecified atom stereocenters. The van der Waals surface area contributed by atoms with E-state index in [2.05, 4.69) is 10.3 Å². The lowest BCUT2D eigenvalue weighted by molar-refractivity contribution is -0.137.